The van der Waals surface area contributed by atoms with Crippen molar-refractivity contribution in [2.45, 2.75) is 26.7 Å². The highest BCUT2D eigenvalue weighted by molar-refractivity contribution is 9.10. The number of carbonyl (C=O) groups excluding carboxylic acids is 2. The van der Waals surface area contributed by atoms with Gasteiger partial charge in [-0.1, -0.05) is 23.8 Å². The Hall–Kier alpha value is -2.08. The van der Waals surface area contributed by atoms with E-state index >= 15 is 0 Å². The quantitative estimate of drug-likeness (QED) is 0.730. The van der Waals surface area contributed by atoms with E-state index in [4.69, 9.17) is 0 Å². The minimum atomic E-state index is -0.384. The molecule has 1 aromatic carbocycles. The molecule has 1 heterocycles. The first-order chi connectivity index (χ1) is 10.5. The third kappa shape index (κ3) is 4.46. The second-order valence-corrected chi connectivity index (χ2v) is 6.08. The van der Waals surface area contributed by atoms with Gasteiger partial charge in [0.2, 0.25) is 5.91 Å². The molecule has 116 valence electrons. The summed E-state index contributed by atoms with van der Waals surface area (Å²) in [7, 11) is 0. The van der Waals surface area contributed by atoms with E-state index in [-0.39, 0.29) is 11.8 Å². The molecule has 2 aromatic rings. The van der Waals surface area contributed by atoms with E-state index in [0.717, 1.165) is 10.0 Å². The molecule has 0 saturated heterocycles. The standard InChI is InChI=1S/C16H18BrN3O2/c1-10-3-4-12(11(2)7-10)5-6-15(21)19-20-16(22)14-8-13(17)9-18-14/h3-4,7-9,18H,5-6H2,1-2H3,(H,19,21)(H,20,22). The third-order valence-corrected chi connectivity index (χ3v) is 3.79. The predicted molar refractivity (Wildman–Crippen MR) is 88.3 cm³/mol. The zero-order valence-electron chi connectivity index (χ0n) is 12.5. The van der Waals surface area contributed by atoms with Crippen LogP contribution in [0.3, 0.4) is 0 Å². The van der Waals surface area contributed by atoms with Crippen LogP contribution in [0, 0.1) is 13.8 Å². The SMILES string of the molecule is Cc1ccc(CCC(=O)NNC(=O)c2cc(Br)c[nH]2)c(C)c1. The van der Waals surface area contributed by atoms with Gasteiger partial charge in [-0.3, -0.25) is 20.4 Å². The number of hydrogen-bond acceptors (Lipinski definition) is 2. The van der Waals surface area contributed by atoms with E-state index in [0.29, 0.717) is 18.5 Å². The van der Waals surface area contributed by atoms with Gasteiger partial charge in [-0.15, -0.1) is 0 Å². The second kappa shape index (κ2) is 7.26. The Morgan fingerprint density at radius 1 is 1.18 bits per heavy atom. The minimum Gasteiger partial charge on any atom is -0.356 e. The summed E-state index contributed by atoms with van der Waals surface area (Å²) in [5.41, 5.74) is 8.69. The summed E-state index contributed by atoms with van der Waals surface area (Å²) in [4.78, 5) is 26.3. The Bertz CT molecular complexity index is 694. The summed E-state index contributed by atoms with van der Waals surface area (Å²) in [6.07, 6.45) is 2.61. The fraction of sp³-hybridized carbons (Fsp3) is 0.250. The smallest absolute Gasteiger partial charge is 0.286 e. The first-order valence-electron chi connectivity index (χ1n) is 6.95. The number of rotatable bonds is 4. The van der Waals surface area contributed by atoms with Crippen molar-refractivity contribution in [1.82, 2.24) is 15.8 Å². The van der Waals surface area contributed by atoms with Gasteiger partial charge in [0, 0.05) is 17.1 Å². The van der Waals surface area contributed by atoms with Crippen LogP contribution in [0.4, 0.5) is 0 Å². The molecule has 0 unspecified atom stereocenters. The van der Waals surface area contributed by atoms with Crippen LogP contribution in [0.5, 0.6) is 0 Å². The van der Waals surface area contributed by atoms with E-state index < -0.39 is 0 Å². The highest BCUT2D eigenvalue weighted by Gasteiger charge is 2.09. The van der Waals surface area contributed by atoms with Crippen LogP contribution in [0.15, 0.2) is 34.9 Å². The lowest BCUT2D eigenvalue weighted by molar-refractivity contribution is -0.121. The van der Waals surface area contributed by atoms with Gasteiger partial charge < -0.3 is 4.98 Å². The van der Waals surface area contributed by atoms with Gasteiger partial charge in [0.15, 0.2) is 0 Å². The van der Waals surface area contributed by atoms with Gasteiger partial charge in [0.1, 0.15) is 5.69 Å². The maximum atomic E-state index is 11.8. The van der Waals surface area contributed by atoms with Crippen LogP contribution < -0.4 is 10.9 Å². The molecule has 5 nitrogen and oxygen atoms in total. The van der Waals surface area contributed by atoms with Gasteiger partial charge in [-0.05, 0) is 53.4 Å². The number of benzene rings is 1. The van der Waals surface area contributed by atoms with Gasteiger partial charge in [0.25, 0.3) is 5.91 Å². The molecule has 0 spiro atoms. The number of H-pyrrole nitrogens is 1. The van der Waals surface area contributed by atoms with Crippen LogP contribution in [0.1, 0.15) is 33.6 Å². The Kier molecular flexibility index (Phi) is 5.38. The van der Waals surface area contributed by atoms with E-state index in [1.807, 2.05) is 26.0 Å². The van der Waals surface area contributed by atoms with Crippen LogP contribution >= 0.6 is 15.9 Å². The van der Waals surface area contributed by atoms with E-state index in [2.05, 4.69) is 37.8 Å². The maximum absolute atomic E-state index is 11.8. The van der Waals surface area contributed by atoms with Gasteiger partial charge >= 0.3 is 0 Å². The fourth-order valence-corrected chi connectivity index (χ4v) is 2.47. The number of aryl methyl sites for hydroxylation is 3. The zero-order chi connectivity index (χ0) is 16.1. The van der Waals surface area contributed by atoms with Crippen LogP contribution in [0.2, 0.25) is 0 Å². The first kappa shape index (κ1) is 16.3. The second-order valence-electron chi connectivity index (χ2n) is 5.16. The lowest BCUT2D eigenvalue weighted by atomic mass is 10.0. The number of hydrazine groups is 1. The minimum absolute atomic E-state index is 0.223. The van der Waals surface area contributed by atoms with Gasteiger partial charge in [-0.25, -0.2) is 0 Å². The highest BCUT2D eigenvalue weighted by Crippen LogP contribution is 2.12. The fourth-order valence-electron chi connectivity index (χ4n) is 2.13. The van der Waals surface area contributed by atoms with Crippen LogP contribution in [0.25, 0.3) is 0 Å². The van der Waals surface area contributed by atoms with Gasteiger partial charge in [-0.2, -0.15) is 0 Å². The summed E-state index contributed by atoms with van der Waals surface area (Å²) in [5, 5.41) is 0. The highest BCUT2D eigenvalue weighted by atomic mass is 79.9. The monoisotopic (exact) mass is 363 g/mol. The molecule has 0 radical (unpaired) electrons. The van der Waals surface area contributed by atoms with E-state index in [1.54, 1.807) is 12.3 Å². The molecular weight excluding hydrogens is 346 g/mol. The zero-order valence-corrected chi connectivity index (χ0v) is 14.1. The number of hydrogen-bond donors (Lipinski definition) is 3. The van der Waals surface area contributed by atoms with Crippen molar-refractivity contribution in [1.29, 1.82) is 0 Å². The lowest BCUT2D eigenvalue weighted by Crippen LogP contribution is -2.41. The first-order valence-corrected chi connectivity index (χ1v) is 7.74. The number of carbonyl (C=O) groups is 2. The van der Waals surface area contributed by atoms with Crippen LogP contribution in [-0.2, 0) is 11.2 Å². The van der Waals surface area contributed by atoms with Crippen LogP contribution in [-0.4, -0.2) is 16.8 Å². The predicted octanol–water partition coefficient (Wildman–Crippen LogP) is 2.79. The normalized spacial score (nSPS) is 10.3. The van der Waals surface area contributed by atoms with Crippen molar-refractivity contribution >= 4 is 27.7 Å². The Labute approximate surface area is 137 Å². The molecular formula is C16H18BrN3O2. The van der Waals surface area contributed by atoms with Crippen molar-refractivity contribution in [3.63, 3.8) is 0 Å². The topological polar surface area (TPSA) is 74.0 Å². The van der Waals surface area contributed by atoms with Crippen molar-refractivity contribution in [3.05, 3.63) is 57.3 Å². The average molecular weight is 364 g/mol. The summed E-state index contributed by atoms with van der Waals surface area (Å²) in [6.45, 7) is 4.07. The summed E-state index contributed by atoms with van der Waals surface area (Å²) >= 11 is 3.24. The molecule has 0 atom stereocenters. The van der Waals surface area contributed by atoms with Crippen molar-refractivity contribution in [2.75, 3.05) is 0 Å². The average Bonchev–Trinajstić information content (AvgIpc) is 2.90. The third-order valence-electron chi connectivity index (χ3n) is 3.33. The van der Waals surface area contributed by atoms with Crippen molar-refractivity contribution in [3.8, 4) is 0 Å². The molecule has 2 amide bonds. The molecule has 0 fully saturated rings. The summed E-state index contributed by atoms with van der Waals surface area (Å²) < 4.78 is 0.777. The van der Waals surface area contributed by atoms with Gasteiger partial charge in [0.05, 0.1) is 0 Å². The number of amides is 2. The number of halogens is 1. The largest absolute Gasteiger partial charge is 0.356 e. The molecule has 3 N–H and O–H groups in total. The molecule has 6 heteroatoms. The summed E-state index contributed by atoms with van der Waals surface area (Å²) in [5.74, 6) is -0.607. The molecule has 0 bridgehead atoms. The van der Waals surface area contributed by atoms with Crippen molar-refractivity contribution < 1.29 is 9.59 Å². The lowest BCUT2D eigenvalue weighted by Gasteiger charge is -2.08. The number of nitrogens with one attached hydrogen (secondary N) is 3. The molecule has 0 saturated carbocycles. The molecule has 0 aliphatic heterocycles. The Morgan fingerprint density at radius 2 is 1.95 bits per heavy atom. The Morgan fingerprint density at radius 3 is 2.59 bits per heavy atom. The van der Waals surface area contributed by atoms with E-state index in [1.165, 1.54) is 11.1 Å². The Balaban J connectivity index is 1.79. The number of aromatic nitrogens is 1. The molecule has 22 heavy (non-hydrogen) atoms. The molecule has 0 aliphatic rings. The maximum Gasteiger partial charge on any atom is 0.286 e. The molecule has 1 aromatic heterocycles. The summed E-state index contributed by atoms with van der Waals surface area (Å²) in [6, 6.07) is 7.80. The van der Waals surface area contributed by atoms with Crippen molar-refractivity contribution in [2.24, 2.45) is 0 Å². The molecule has 0 aliphatic carbocycles. The molecule has 2 rings (SSSR count). The van der Waals surface area contributed by atoms with E-state index in [9.17, 15) is 9.59 Å². The number of aromatic amines is 1.